The predicted octanol–water partition coefficient (Wildman–Crippen LogP) is 3.18. The summed E-state index contributed by atoms with van der Waals surface area (Å²) in [6.45, 7) is 2.70. The van der Waals surface area contributed by atoms with Gasteiger partial charge in [0.25, 0.3) is 5.91 Å². The Morgan fingerprint density at radius 2 is 2.13 bits per heavy atom. The molecule has 1 heterocycles. The van der Waals surface area contributed by atoms with E-state index in [1.807, 2.05) is 30.3 Å². The van der Waals surface area contributed by atoms with Gasteiger partial charge >= 0.3 is 0 Å². The first kappa shape index (κ1) is 16.8. The maximum Gasteiger partial charge on any atom is 0.282 e. The molecule has 0 saturated carbocycles. The summed E-state index contributed by atoms with van der Waals surface area (Å²) in [5.41, 5.74) is 4.45. The van der Waals surface area contributed by atoms with Gasteiger partial charge in [0.05, 0.1) is 6.61 Å². The molecule has 0 atom stereocenters. The molecule has 23 heavy (non-hydrogen) atoms. The van der Waals surface area contributed by atoms with Gasteiger partial charge in [-0.3, -0.25) is 4.79 Å². The van der Waals surface area contributed by atoms with Gasteiger partial charge in [-0.15, -0.1) is 5.10 Å². The number of carbonyl (C=O) groups excluding carboxylic acids is 1. The SMILES string of the molecule is CCc1ccc(/C=C(\C#N)C(=O)N/N=C2\CCCCCO2)cc1. The van der Waals surface area contributed by atoms with Crippen LogP contribution in [0.15, 0.2) is 34.9 Å². The molecule has 0 aromatic heterocycles. The molecule has 0 aliphatic carbocycles. The minimum atomic E-state index is -0.521. The Labute approximate surface area is 136 Å². The zero-order valence-corrected chi connectivity index (χ0v) is 13.3. The Balaban J connectivity index is 2.03. The van der Waals surface area contributed by atoms with Gasteiger partial charge in [-0.2, -0.15) is 5.26 Å². The number of amides is 1. The van der Waals surface area contributed by atoms with Crippen LogP contribution in [-0.4, -0.2) is 18.4 Å². The van der Waals surface area contributed by atoms with Crippen molar-refractivity contribution in [3.8, 4) is 6.07 Å². The normalized spacial score (nSPS) is 17.0. The number of nitriles is 1. The van der Waals surface area contributed by atoms with Gasteiger partial charge in [0.1, 0.15) is 11.6 Å². The fourth-order valence-corrected chi connectivity index (χ4v) is 2.24. The van der Waals surface area contributed by atoms with Crippen molar-refractivity contribution < 1.29 is 9.53 Å². The lowest BCUT2D eigenvalue weighted by Gasteiger charge is -2.05. The zero-order valence-electron chi connectivity index (χ0n) is 13.3. The molecular weight excluding hydrogens is 290 g/mol. The second-order valence-electron chi connectivity index (χ2n) is 5.37. The topological polar surface area (TPSA) is 74.5 Å². The van der Waals surface area contributed by atoms with E-state index in [1.54, 1.807) is 6.08 Å². The quantitative estimate of drug-likeness (QED) is 0.527. The van der Waals surface area contributed by atoms with Crippen LogP contribution in [0.25, 0.3) is 6.08 Å². The van der Waals surface area contributed by atoms with Crippen LogP contribution in [0.1, 0.15) is 43.7 Å². The van der Waals surface area contributed by atoms with E-state index >= 15 is 0 Å². The monoisotopic (exact) mass is 311 g/mol. The number of aryl methyl sites for hydroxylation is 1. The van der Waals surface area contributed by atoms with Gasteiger partial charge in [0.15, 0.2) is 0 Å². The van der Waals surface area contributed by atoms with Crippen molar-refractivity contribution in [1.82, 2.24) is 5.43 Å². The number of benzene rings is 1. The fourth-order valence-electron chi connectivity index (χ4n) is 2.24. The van der Waals surface area contributed by atoms with E-state index in [0.29, 0.717) is 18.9 Å². The van der Waals surface area contributed by atoms with Gasteiger partial charge in [0.2, 0.25) is 5.90 Å². The first-order valence-corrected chi connectivity index (χ1v) is 7.93. The molecule has 0 bridgehead atoms. The second kappa shape index (κ2) is 8.74. The van der Waals surface area contributed by atoms with Crippen molar-refractivity contribution in [2.45, 2.75) is 39.0 Å². The average Bonchev–Trinajstić information content (AvgIpc) is 2.87. The molecule has 1 aliphatic rings. The summed E-state index contributed by atoms with van der Waals surface area (Å²) in [4.78, 5) is 12.1. The highest BCUT2D eigenvalue weighted by atomic mass is 16.5. The van der Waals surface area contributed by atoms with Crippen LogP contribution >= 0.6 is 0 Å². The summed E-state index contributed by atoms with van der Waals surface area (Å²) in [5, 5.41) is 13.2. The van der Waals surface area contributed by atoms with Crippen LogP contribution in [0.3, 0.4) is 0 Å². The van der Waals surface area contributed by atoms with Crippen LogP contribution in [0, 0.1) is 11.3 Å². The Bertz CT molecular complexity index is 629. The molecule has 1 saturated heterocycles. The molecule has 5 heteroatoms. The number of nitrogens with zero attached hydrogens (tertiary/aromatic N) is 2. The van der Waals surface area contributed by atoms with Gasteiger partial charge in [-0.05, 0) is 42.9 Å². The van der Waals surface area contributed by atoms with Crippen molar-refractivity contribution in [2.24, 2.45) is 5.10 Å². The van der Waals surface area contributed by atoms with E-state index in [4.69, 9.17) is 4.74 Å². The molecule has 2 rings (SSSR count). The molecule has 0 spiro atoms. The van der Waals surface area contributed by atoms with E-state index in [0.717, 1.165) is 31.2 Å². The molecule has 1 aromatic rings. The molecule has 0 unspecified atom stereocenters. The van der Waals surface area contributed by atoms with Gasteiger partial charge in [-0.25, -0.2) is 5.43 Å². The summed E-state index contributed by atoms with van der Waals surface area (Å²) in [5.74, 6) is 0.00727. The number of nitrogens with one attached hydrogen (secondary N) is 1. The van der Waals surface area contributed by atoms with Crippen LogP contribution < -0.4 is 5.43 Å². The smallest absolute Gasteiger partial charge is 0.282 e. The lowest BCUT2D eigenvalue weighted by Crippen LogP contribution is -2.21. The zero-order chi connectivity index (χ0) is 16.5. The Kier molecular flexibility index (Phi) is 6.37. The average molecular weight is 311 g/mol. The number of carbonyl (C=O) groups is 1. The van der Waals surface area contributed by atoms with Gasteiger partial charge < -0.3 is 4.74 Å². The van der Waals surface area contributed by atoms with E-state index in [1.165, 1.54) is 5.56 Å². The van der Waals surface area contributed by atoms with Crippen LogP contribution in [0.4, 0.5) is 0 Å². The Morgan fingerprint density at radius 1 is 1.35 bits per heavy atom. The Morgan fingerprint density at radius 3 is 2.83 bits per heavy atom. The molecule has 1 fully saturated rings. The largest absolute Gasteiger partial charge is 0.480 e. The standard InChI is InChI=1S/C18H21N3O2/c1-2-14-7-9-15(10-8-14)12-16(13-19)18(22)21-20-17-6-4-3-5-11-23-17/h7-10,12H,2-6,11H2,1H3,(H,21,22)/b16-12+,20-17+. The molecule has 1 amide bonds. The van der Waals surface area contributed by atoms with Crippen LogP contribution in [-0.2, 0) is 16.0 Å². The van der Waals surface area contributed by atoms with Gasteiger partial charge in [-0.1, -0.05) is 31.2 Å². The van der Waals surface area contributed by atoms with Crippen molar-refractivity contribution in [2.75, 3.05) is 6.61 Å². The summed E-state index contributed by atoms with van der Waals surface area (Å²) >= 11 is 0. The minimum absolute atomic E-state index is 0.0206. The summed E-state index contributed by atoms with van der Waals surface area (Å²) < 4.78 is 5.44. The van der Waals surface area contributed by atoms with E-state index in [-0.39, 0.29) is 5.57 Å². The first-order chi connectivity index (χ1) is 11.2. The molecular formula is C18H21N3O2. The third-order valence-corrected chi connectivity index (χ3v) is 3.65. The highest BCUT2D eigenvalue weighted by molar-refractivity contribution is 6.02. The number of ether oxygens (including phenoxy) is 1. The molecule has 5 nitrogen and oxygen atoms in total. The summed E-state index contributed by atoms with van der Waals surface area (Å²) in [6, 6.07) is 9.67. The summed E-state index contributed by atoms with van der Waals surface area (Å²) in [6.07, 6.45) is 6.33. The first-order valence-electron chi connectivity index (χ1n) is 7.93. The maximum atomic E-state index is 12.1. The van der Waals surface area contributed by atoms with E-state index in [2.05, 4.69) is 17.5 Å². The molecule has 1 N–H and O–H groups in total. The van der Waals surface area contributed by atoms with Gasteiger partial charge in [0, 0.05) is 6.42 Å². The lowest BCUT2D eigenvalue weighted by atomic mass is 10.1. The Hall–Kier alpha value is -2.61. The van der Waals surface area contributed by atoms with Crippen molar-refractivity contribution in [1.29, 1.82) is 5.26 Å². The minimum Gasteiger partial charge on any atom is -0.480 e. The second-order valence-corrected chi connectivity index (χ2v) is 5.37. The van der Waals surface area contributed by atoms with Crippen LogP contribution in [0.5, 0.6) is 0 Å². The highest BCUT2D eigenvalue weighted by Gasteiger charge is 2.11. The van der Waals surface area contributed by atoms with Crippen molar-refractivity contribution in [3.05, 3.63) is 41.0 Å². The molecule has 120 valence electrons. The third kappa shape index (κ3) is 5.26. The van der Waals surface area contributed by atoms with Crippen molar-refractivity contribution in [3.63, 3.8) is 0 Å². The number of rotatable bonds is 4. The maximum absolute atomic E-state index is 12.1. The molecule has 1 aliphatic heterocycles. The number of hydrazone groups is 1. The highest BCUT2D eigenvalue weighted by Crippen LogP contribution is 2.10. The van der Waals surface area contributed by atoms with Crippen molar-refractivity contribution >= 4 is 17.9 Å². The predicted molar refractivity (Wildman–Crippen MR) is 89.4 cm³/mol. The van der Waals surface area contributed by atoms with E-state index in [9.17, 15) is 10.1 Å². The fraction of sp³-hybridized carbons (Fsp3) is 0.389. The number of hydrogen-bond acceptors (Lipinski definition) is 4. The van der Waals surface area contributed by atoms with Crippen LogP contribution in [0.2, 0.25) is 0 Å². The third-order valence-electron chi connectivity index (χ3n) is 3.65. The number of hydrogen-bond donors (Lipinski definition) is 1. The molecule has 1 aromatic carbocycles. The van der Waals surface area contributed by atoms with E-state index < -0.39 is 5.91 Å². The summed E-state index contributed by atoms with van der Waals surface area (Å²) in [7, 11) is 0. The lowest BCUT2D eigenvalue weighted by molar-refractivity contribution is -0.117. The molecule has 0 radical (unpaired) electrons.